The molecule has 0 amide bonds. The summed E-state index contributed by atoms with van der Waals surface area (Å²) in [4.78, 5) is 4.24. The van der Waals surface area contributed by atoms with Gasteiger partial charge < -0.3 is 11.1 Å². The van der Waals surface area contributed by atoms with Crippen molar-refractivity contribution in [1.82, 2.24) is 4.98 Å². The van der Waals surface area contributed by atoms with E-state index in [-0.39, 0.29) is 5.84 Å². The van der Waals surface area contributed by atoms with E-state index in [1.165, 1.54) is 0 Å². The first-order chi connectivity index (χ1) is 6.13. The molecule has 0 unspecified atom stereocenters. The minimum atomic E-state index is 0.0738. The number of pyridine rings is 1. The summed E-state index contributed by atoms with van der Waals surface area (Å²) >= 11 is 0. The maximum Gasteiger partial charge on any atom is 0.126 e. The number of rotatable bonds is 3. The third-order valence-electron chi connectivity index (χ3n) is 1.62. The van der Waals surface area contributed by atoms with Gasteiger partial charge in [0.15, 0.2) is 0 Å². The van der Waals surface area contributed by atoms with Gasteiger partial charge in [-0.15, -0.1) is 0 Å². The van der Waals surface area contributed by atoms with Crippen LogP contribution in [0.15, 0.2) is 12.1 Å². The van der Waals surface area contributed by atoms with Gasteiger partial charge in [-0.3, -0.25) is 5.41 Å². The van der Waals surface area contributed by atoms with Crippen LogP contribution in [0.4, 0.5) is 5.82 Å². The second-order valence-electron chi connectivity index (χ2n) is 2.83. The molecule has 0 aliphatic heterocycles. The van der Waals surface area contributed by atoms with E-state index in [4.69, 9.17) is 11.1 Å². The molecular formula is C9H14N4. The lowest BCUT2D eigenvalue weighted by Gasteiger charge is -2.06. The molecule has 4 nitrogen and oxygen atoms in total. The molecule has 1 aromatic rings. The molecule has 0 aliphatic rings. The van der Waals surface area contributed by atoms with E-state index in [1.54, 1.807) is 12.1 Å². The van der Waals surface area contributed by atoms with Gasteiger partial charge in [-0.05, 0) is 26.0 Å². The first-order valence-electron chi connectivity index (χ1n) is 4.20. The fraction of sp³-hybridized carbons (Fsp3) is 0.333. The van der Waals surface area contributed by atoms with Crippen molar-refractivity contribution in [1.29, 1.82) is 5.41 Å². The van der Waals surface area contributed by atoms with Crippen molar-refractivity contribution in [2.75, 3.05) is 11.9 Å². The highest BCUT2D eigenvalue weighted by Gasteiger charge is 2.00. The highest BCUT2D eigenvalue weighted by atomic mass is 15.0. The molecule has 1 aromatic heterocycles. The van der Waals surface area contributed by atoms with Crippen LogP contribution >= 0.6 is 0 Å². The lowest BCUT2D eigenvalue weighted by atomic mass is 10.2. The molecule has 0 spiro atoms. The topological polar surface area (TPSA) is 74.8 Å². The lowest BCUT2D eigenvalue weighted by Crippen LogP contribution is -2.12. The summed E-state index contributed by atoms with van der Waals surface area (Å²) in [6.07, 6.45) is 0. The van der Waals surface area contributed by atoms with E-state index < -0.39 is 0 Å². The minimum Gasteiger partial charge on any atom is -0.384 e. The van der Waals surface area contributed by atoms with E-state index in [1.807, 2.05) is 13.8 Å². The Morgan fingerprint density at radius 1 is 1.62 bits per heavy atom. The Bertz CT molecular complexity index is 319. The zero-order valence-corrected chi connectivity index (χ0v) is 7.89. The zero-order valence-electron chi connectivity index (χ0n) is 7.89. The van der Waals surface area contributed by atoms with Crippen LogP contribution < -0.4 is 11.1 Å². The van der Waals surface area contributed by atoms with Gasteiger partial charge in [0, 0.05) is 17.8 Å². The van der Waals surface area contributed by atoms with Crippen molar-refractivity contribution in [3.05, 3.63) is 23.4 Å². The molecule has 13 heavy (non-hydrogen) atoms. The molecule has 0 radical (unpaired) electrons. The molecule has 0 aliphatic carbocycles. The first-order valence-corrected chi connectivity index (χ1v) is 4.20. The fourth-order valence-electron chi connectivity index (χ4n) is 1.10. The molecule has 4 N–H and O–H groups in total. The number of anilines is 1. The molecule has 4 heteroatoms. The number of nitrogens with one attached hydrogen (secondary N) is 2. The van der Waals surface area contributed by atoms with Gasteiger partial charge in [0.05, 0.1) is 0 Å². The highest BCUT2D eigenvalue weighted by molar-refractivity contribution is 5.95. The normalized spacial score (nSPS) is 9.69. The Hall–Kier alpha value is -1.58. The van der Waals surface area contributed by atoms with E-state index in [2.05, 4.69) is 10.3 Å². The molecule has 0 atom stereocenters. The molecule has 0 saturated carbocycles. The number of aryl methyl sites for hydroxylation is 1. The standard InChI is InChI=1S/C9H14N4/c1-3-12-8-5-7(9(10)11)4-6(2)13-8/h4-5H,3H2,1-2H3,(H3,10,11)(H,12,13). The summed E-state index contributed by atoms with van der Waals surface area (Å²) in [5.41, 5.74) is 6.95. The van der Waals surface area contributed by atoms with Gasteiger partial charge >= 0.3 is 0 Å². The Morgan fingerprint density at radius 2 is 2.31 bits per heavy atom. The molecule has 1 heterocycles. The molecule has 70 valence electrons. The van der Waals surface area contributed by atoms with Crippen molar-refractivity contribution in [2.45, 2.75) is 13.8 Å². The fourth-order valence-corrected chi connectivity index (χ4v) is 1.10. The highest BCUT2D eigenvalue weighted by Crippen LogP contribution is 2.08. The van der Waals surface area contributed by atoms with Crippen LogP contribution in [0.25, 0.3) is 0 Å². The predicted molar refractivity (Wildman–Crippen MR) is 54.2 cm³/mol. The van der Waals surface area contributed by atoms with Crippen molar-refractivity contribution in [2.24, 2.45) is 5.73 Å². The van der Waals surface area contributed by atoms with E-state index >= 15 is 0 Å². The summed E-state index contributed by atoms with van der Waals surface area (Å²) in [7, 11) is 0. The molecular weight excluding hydrogens is 164 g/mol. The minimum absolute atomic E-state index is 0.0738. The Labute approximate surface area is 77.7 Å². The number of hydrogen-bond acceptors (Lipinski definition) is 3. The maximum absolute atomic E-state index is 7.28. The smallest absolute Gasteiger partial charge is 0.126 e. The van der Waals surface area contributed by atoms with Gasteiger partial charge in [-0.1, -0.05) is 0 Å². The largest absolute Gasteiger partial charge is 0.384 e. The third kappa shape index (κ3) is 2.43. The molecule has 0 bridgehead atoms. The third-order valence-corrected chi connectivity index (χ3v) is 1.62. The van der Waals surface area contributed by atoms with E-state index in [0.717, 1.165) is 18.1 Å². The molecule has 0 fully saturated rings. The predicted octanol–water partition coefficient (Wildman–Crippen LogP) is 1.11. The number of nitrogen functional groups attached to an aromatic ring is 1. The monoisotopic (exact) mass is 178 g/mol. The second kappa shape index (κ2) is 3.89. The van der Waals surface area contributed by atoms with Crippen molar-refractivity contribution < 1.29 is 0 Å². The molecule has 0 saturated heterocycles. The van der Waals surface area contributed by atoms with Crippen LogP contribution in [-0.4, -0.2) is 17.4 Å². The van der Waals surface area contributed by atoms with Crippen molar-refractivity contribution in [3.63, 3.8) is 0 Å². The van der Waals surface area contributed by atoms with E-state index in [9.17, 15) is 0 Å². The van der Waals surface area contributed by atoms with Gasteiger partial charge in [-0.25, -0.2) is 4.98 Å². The number of hydrogen-bond donors (Lipinski definition) is 3. The van der Waals surface area contributed by atoms with Gasteiger partial charge in [0.25, 0.3) is 0 Å². The van der Waals surface area contributed by atoms with Crippen LogP contribution in [0.5, 0.6) is 0 Å². The number of nitrogens with zero attached hydrogens (tertiary/aromatic N) is 1. The van der Waals surface area contributed by atoms with Gasteiger partial charge in [0.2, 0.25) is 0 Å². The average molecular weight is 178 g/mol. The summed E-state index contributed by atoms with van der Waals surface area (Å²) in [6, 6.07) is 3.57. The summed E-state index contributed by atoms with van der Waals surface area (Å²) in [5.74, 6) is 0.845. The second-order valence-corrected chi connectivity index (χ2v) is 2.83. The molecule has 1 rings (SSSR count). The van der Waals surface area contributed by atoms with Crippen LogP contribution in [0.2, 0.25) is 0 Å². The Morgan fingerprint density at radius 3 is 2.85 bits per heavy atom. The SMILES string of the molecule is CCNc1cc(C(=N)N)cc(C)n1. The first kappa shape index (κ1) is 9.51. The zero-order chi connectivity index (χ0) is 9.84. The Kier molecular flexibility index (Phi) is 2.84. The van der Waals surface area contributed by atoms with Crippen LogP contribution in [0.3, 0.4) is 0 Å². The van der Waals surface area contributed by atoms with Crippen LogP contribution in [0.1, 0.15) is 18.2 Å². The van der Waals surface area contributed by atoms with Gasteiger partial charge in [0.1, 0.15) is 11.7 Å². The quantitative estimate of drug-likeness (QED) is 0.479. The van der Waals surface area contributed by atoms with E-state index in [0.29, 0.717) is 5.56 Å². The lowest BCUT2D eigenvalue weighted by molar-refractivity contribution is 1.12. The van der Waals surface area contributed by atoms with Gasteiger partial charge in [-0.2, -0.15) is 0 Å². The maximum atomic E-state index is 7.28. The van der Waals surface area contributed by atoms with Crippen LogP contribution in [0, 0.1) is 12.3 Å². The van der Waals surface area contributed by atoms with Crippen molar-refractivity contribution >= 4 is 11.7 Å². The number of nitrogens with two attached hydrogens (primary N) is 1. The number of aromatic nitrogens is 1. The number of amidine groups is 1. The summed E-state index contributed by atoms with van der Waals surface area (Å²) < 4.78 is 0. The molecule has 0 aromatic carbocycles. The summed E-state index contributed by atoms with van der Waals surface area (Å²) in [5, 5.41) is 10.4. The average Bonchev–Trinajstić information content (AvgIpc) is 2.03. The van der Waals surface area contributed by atoms with Crippen molar-refractivity contribution in [3.8, 4) is 0 Å². The Balaban J connectivity index is 3.03. The summed E-state index contributed by atoms with van der Waals surface area (Å²) in [6.45, 7) is 4.69. The van der Waals surface area contributed by atoms with Crippen LogP contribution in [-0.2, 0) is 0 Å².